The molecule has 1 aliphatic rings. The van der Waals surface area contributed by atoms with Crippen molar-refractivity contribution in [1.29, 1.82) is 0 Å². The molecule has 0 radical (unpaired) electrons. The van der Waals surface area contributed by atoms with E-state index in [2.05, 4.69) is 29.4 Å². The van der Waals surface area contributed by atoms with Crippen molar-refractivity contribution in [3.63, 3.8) is 0 Å². The maximum Gasteiger partial charge on any atom is 0.252 e. The van der Waals surface area contributed by atoms with Gasteiger partial charge in [-0.1, -0.05) is 0 Å². The van der Waals surface area contributed by atoms with E-state index in [1.807, 2.05) is 14.1 Å². The summed E-state index contributed by atoms with van der Waals surface area (Å²) in [4.78, 5) is 14.4. The SMILES string of the molecule is COC1(C(=O)NCC(C)(C)N(C)C)CCNCC1. The molecule has 0 aromatic heterocycles. The highest BCUT2D eigenvalue weighted by molar-refractivity contribution is 5.85. The van der Waals surface area contributed by atoms with Crippen LogP contribution in [-0.4, -0.2) is 62.8 Å². The number of rotatable bonds is 5. The monoisotopic (exact) mass is 257 g/mol. The van der Waals surface area contributed by atoms with Crippen molar-refractivity contribution in [1.82, 2.24) is 15.5 Å². The molecule has 106 valence electrons. The fourth-order valence-electron chi connectivity index (χ4n) is 1.97. The molecule has 1 saturated heterocycles. The molecule has 1 amide bonds. The van der Waals surface area contributed by atoms with Gasteiger partial charge in [0.15, 0.2) is 0 Å². The number of ether oxygens (including phenoxy) is 1. The first-order valence-electron chi connectivity index (χ1n) is 6.56. The number of hydrogen-bond acceptors (Lipinski definition) is 4. The molecule has 1 fully saturated rings. The van der Waals surface area contributed by atoms with Crippen molar-refractivity contribution in [3.8, 4) is 0 Å². The number of hydrogen-bond donors (Lipinski definition) is 2. The summed E-state index contributed by atoms with van der Waals surface area (Å²) >= 11 is 0. The van der Waals surface area contributed by atoms with Crippen molar-refractivity contribution in [2.75, 3.05) is 40.8 Å². The van der Waals surface area contributed by atoms with Gasteiger partial charge in [-0.15, -0.1) is 0 Å². The Morgan fingerprint density at radius 1 is 1.39 bits per heavy atom. The Kier molecular flexibility index (Phi) is 5.13. The first-order chi connectivity index (χ1) is 8.34. The first-order valence-corrected chi connectivity index (χ1v) is 6.56. The van der Waals surface area contributed by atoms with Gasteiger partial charge in [0, 0.05) is 19.2 Å². The largest absolute Gasteiger partial charge is 0.368 e. The average molecular weight is 257 g/mol. The minimum Gasteiger partial charge on any atom is -0.368 e. The van der Waals surface area contributed by atoms with Crippen molar-refractivity contribution in [3.05, 3.63) is 0 Å². The number of nitrogens with zero attached hydrogens (tertiary/aromatic N) is 1. The fraction of sp³-hybridized carbons (Fsp3) is 0.923. The van der Waals surface area contributed by atoms with Crippen LogP contribution in [0, 0.1) is 0 Å². The van der Waals surface area contributed by atoms with Crippen LogP contribution in [-0.2, 0) is 9.53 Å². The lowest BCUT2D eigenvalue weighted by molar-refractivity contribution is -0.147. The van der Waals surface area contributed by atoms with E-state index in [0.717, 1.165) is 25.9 Å². The Morgan fingerprint density at radius 3 is 2.39 bits per heavy atom. The molecule has 2 N–H and O–H groups in total. The Balaban J connectivity index is 2.58. The van der Waals surface area contributed by atoms with Gasteiger partial charge in [0.2, 0.25) is 0 Å². The second-order valence-electron chi connectivity index (χ2n) is 5.84. The number of nitrogens with one attached hydrogen (secondary N) is 2. The van der Waals surface area contributed by atoms with Gasteiger partial charge in [0.1, 0.15) is 5.60 Å². The van der Waals surface area contributed by atoms with E-state index in [0.29, 0.717) is 6.54 Å². The van der Waals surface area contributed by atoms with Crippen LogP contribution in [0.4, 0.5) is 0 Å². The Bertz CT molecular complexity index is 284. The van der Waals surface area contributed by atoms with Gasteiger partial charge in [0.05, 0.1) is 0 Å². The van der Waals surface area contributed by atoms with E-state index in [9.17, 15) is 4.79 Å². The molecule has 0 atom stereocenters. The number of piperidine rings is 1. The summed E-state index contributed by atoms with van der Waals surface area (Å²) < 4.78 is 5.50. The lowest BCUT2D eigenvalue weighted by atomic mass is 9.90. The quantitative estimate of drug-likeness (QED) is 0.739. The van der Waals surface area contributed by atoms with Crippen LogP contribution < -0.4 is 10.6 Å². The predicted octanol–water partition coefficient (Wildman–Crippen LogP) is 0.211. The molecule has 18 heavy (non-hydrogen) atoms. The second kappa shape index (κ2) is 5.99. The third-order valence-corrected chi connectivity index (χ3v) is 4.11. The summed E-state index contributed by atoms with van der Waals surface area (Å²) in [5.74, 6) is 0.0152. The van der Waals surface area contributed by atoms with E-state index in [4.69, 9.17) is 4.74 Å². The lowest BCUT2D eigenvalue weighted by Gasteiger charge is -2.37. The highest BCUT2D eigenvalue weighted by Crippen LogP contribution is 2.22. The van der Waals surface area contributed by atoms with Crippen LogP contribution in [0.5, 0.6) is 0 Å². The maximum atomic E-state index is 12.3. The first kappa shape index (κ1) is 15.4. The third kappa shape index (κ3) is 3.43. The summed E-state index contributed by atoms with van der Waals surface area (Å²) in [5.41, 5.74) is -0.703. The highest BCUT2D eigenvalue weighted by atomic mass is 16.5. The Hall–Kier alpha value is -0.650. The molecule has 5 heteroatoms. The second-order valence-corrected chi connectivity index (χ2v) is 5.84. The molecule has 0 spiro atoms. The summed E-state index contributed by atoms with van der Waals surface area (Å²) in [6.45, 7) is 6.50. The molecule has 0 saturated carbocycles. The van der Waals surface area contributed by atoms with Gasteiger partial charge in [0.25, 0.3) is 5.91 Å². The van der Waals surface area contributed by atoms with E-state index >= 15 is 0 Å². The number of methoxy groups -OCH3 is 1. The third-order valence-electron chi connectivity index (χ3n) is 4.11. The van der Waals surface area contributed by atoms with Crippen LogP contribution in [0.3, 0.4) is 0 Å². The molecule has 0 unspecified atom stereocenters. The zero-order valence-electron chi connectivity index (χ0n) is 12.3. The summed E-state index contributed by atoms with van der Waals surface area (Å²) in [7, 11) is 5.66. The van der Waals surface area contributed by atoms with Crippen LogP contribution in [0.2, 0.25) is 0 Å². The van der Waals surface area contributed by atoms with Gasteiger partial charge in [-0.05, 0) is 53.9 Å². The molecule has 0 aliphatic carbocycles. The predicted molar refractivity (Wildman–Crippen MR) is 72.6 cm³/mol. The molecule has 0 bridgehead atoms. The summed E-state index contributed by atoms with van der Waals surface area (Å²) in [6.07, 6.45) is 1.47. The molecule has 1 heterocycles. The molecule has 0 aromatic carbocycles. The van der Waals surface area contributed by atoms with Crippen molar-refractivity contribution in [2.24, 2.45) is 0 Å². The van der Waals surface area contributed by atoms with E-state index in [1.54, 1.807) is 7.11 Å². The number of amides is 1. The molecule has 1 aliphatic heterocycles. The molecular formula is C13H27N3O2. The minimum absolute atomic E-state index is 0.0152. The fourth-order valence-corrected chi connectivity index (χ4v) is 1.97. The van der Waals surface area contributed by atoms with Gasteiger partial charge in [-0.2, -0.15) is 0 Å². The van der Waals surface area contributed by atoms with E-state index in [1.165, 1.54) is 0 Å². The van der Waals surface area contributed by atoms with Gasteiger partial charge < -0.3 is 20.3 Å². The summed E-state index contributed by atoms with van der Waals surface area (Å²) in [5, 5.41) is 6.28. The number of likely N-dealkylation sites (N-methyl/N-ethyl adjacent to an activating group) is 1. The standard InChI is InChI=1S/C13H27N3O2/c1-12(2,16(3)4)10-15-11(17)13(18-5)6-8-14-9-7-13/h14H,6-10H2,1-5H3,(H,15,17). The molecule has 5 nitrogen and oxygen atoms in total. The van der Waals surface area contributed by atoms with Crippen molar-refractivity contribution < 1.29 is 9.53 Å². The van der Waals surface area contributed by atoms with Gasteiger partial charge in [-0.25, -0.2) is 0 Å². The molecule has 1 rings (SSSR count). The van der Waals surface area contributed by atoms with Crippen LogP contribution in [0.15, 0.2) is 0 Å². The van der Waals surface area contributed by atoms with Crippen molar-refractivity contribution >= 4 is 5.91 Å². The summed E-state index contributed by atoms with van der Waals surface area (Å²) in [6, 6.07) is 0. The molecule has 0 aromatic rings. The van der Waals surface area contributed by atoms with E-state index < -0.39 is 5.60 Å². The smallest absolute Gasteiger partial charge is 0.252 e. The molecular weight excluding hydrogens is 230 g/mol. The van der Waals surface area contributed by atoms with Crippen LogP contribution in [0.1, 0.15) is 26.7 Å². The lowest BCUT2D eigenvalue weighted by Crippen LogP contribution is -2.57. The Morgan fingerprint density at radius 2 is 1.94 bits per heavy atom. The van der Waals surface area contributed by atoms with Crippen LogP contribution >= 0.6 is 0 Å². The normalized spacial score (nSPS) is 19.9. The van der Waals surface area contributed by atoms with Gasteiger partial charge in [-0.3, -0.25) is 4.79 Å². The van der Waals surface area contributed by atoms with Crippen LogP contribution in [0.25, 0.3) is 0 Å². The number of carbonyl (C=O) groups excluding carboxylic acids is 1. The topological polar surface area (TPSA) is 53.6 Å². The average Bonchev–Trinajstić information content (AvgIpc) is 2.36. The zero-order chi connectivity index (χ0) is 13.8. The van der Waals surface area contributed by atoms with Gasteiger partial charge >= 0.3 is 0 Å². The zero-order valence-corrected chi connectivity index (χ0v) is 12.3. The Labute approximate surface area is 110 Å². The highest BCUT2D eigenvalue weighted by Gasteiger charge is 2.40. The maximum absolute atomic E-state index is 12.3. The van der Waals surface area contributed by atoms with Crippen molar-refractivity contribution in [2.45, 2.75) is 37.8 Å². The number of carbonyl (C=O) groups is 1. The van der Waals surface area contributed by atoms with E-state index in [-0.39, 0.29) is 11.4 Å². The minimum atomic E-state index is -0.645.